The molecule has 0 saturated heterocycles. The molecule has 0 unspecified atom stereocenters. The molecule has 1 heterocycles. The minimum atomic E-state index is -0.333. The van der Waals surface area contributed by atoms with Crippen molar-refractivity contribution in [2.45, 2.75) is 27.0 Å². The van der Waals surface area contributed by atoms with Gasteiger partial charge >= 0.3 is 0 Å². The van der Waals surface area contributed by atoms with Gasteiger partial charge in [0.2, 0.25) is 0 Å². The largest absolute Gasteiger partial charge is 0.488 e. The van der Waals surface area contributed by atoms with Crippen LogP contribution in [0.25, 0.3) is 0 Å². The average molecular weight is 368 g/mol. The summed E-state index contributed by atoms with van der Waals surface area (Å²) in [6.07, 6.45) is 0. The summed E-state index contributed by atoms with van der Waals surface area (Å²) in [7, 11) is 1.64. The number of amides is 1. The predicted molar refractivity (Wildman–Crippen MR) is 98.9 cm³/mol. The van der Waals surface area contributed by atoms with Crippen LogP contribution in [0.5, 0.6) is 5.75 Å². The number of carbonyl (C=O) groups excluding carboxylic acids is 1. The van der Waals surface area contributed by atoms with Gasteiger partial charge in [0.05, 0.1) is 16.8 Å². The summed E-state index contributed by atoms with van der Waals surface area (Å²) >= 11 is 0. The molecule has 0 radical (unpaired) electrons. The van der Waals surface area contributed by atoms with E-state index in [1.807, 2.05) is 13.8 Å². The van der Waals surface area contributed by atoms with Crippen molar-refractivity contribution in [3.63, 3.8) is 0 Å². The van der Waals surface area contributed by atoms with Crippen LogP contribution in [0.3, 0.4) is 0 Å². The first-order valence-electron chi connectivity index (χ1n) is 8.60. The Morgan fingerprint density at radius 3 is 2.56 bits per heavy atom. The first kappa shape index (κ1) is 18.6. The van der Waals surface area contributed by atoms with Gasteiger partial charge in [-0.2, -0.15) is 0 Å². The normalized spacial score (nSPS) is 10.7. The molecule has 140 valence electrons. The van der Waals surface area contributed by atoms with E-state index in [1.54, 1.807) is 49.5 Å². The molecular weight excluding hydrogens is 347 g/mol. The fourth-order valence-electron chi connectivity index (χ4n) is 2.79. The number of benzene rings is 2. The number of para-hydroxylation sites is 1. The monoisotopic (exact) mass is 368 g/mol. The molecule has 1 aromatic heterocycles. The molecule has 0 saturated carbocycles. The number of ether oxygens (including phenoxy) is 1. The smallest absolute Gasteiger partial charge is 0.257 e. The Labute approximate surface area is 157 Å². The Morgan fingerprint density at radius 2 is 1.85 bits per heavy atom. The Morgan fingerprint density at radius 1 is 1.15 bits per heavy atom. The van der Waals surface area contributed by atoms with E-state index >= 15 is 0 Å². The summed E-state index contributed by atoms with van der Waals surface area (Å²) in [5.74, 6) is 0.573. The first-order valence-corrected chi connectivity index (χ1v) is 8.60. The quantitative estimate of drug-likeness (QED) is 0.652. The van der Waals surface area contributed by atoms with Crippen LogP contribution in [0.4, 0.5) is 4.39 Å². The number of aryl methyl sites for hydroxylation is 2. The molecule has 0 spiro atoms. The van der Waals surface area contributed by atoms with Gasteiger partial charge in [-0.3, -0.25) is 4.79 Å². The molecule has 0 bridgehead atoms. The minimum Gasteiger partial charge on any atom is -0.488 e. The van der Waals surface area contributed by atoms with Crippen molar-refractivity contribution in [2.75, 3.05) is 7.05 Å². The van der Waals surface area contributed by atoms with E-state index in [2.05, 4.69) is 5.16 Å². The zero-order valence-electron chi connectivity index (χ0n) is 15.5. The molecule has 0 aliphatic heterocycles. The summed E-state index contributed by atoms with van der Waals surface area (Å²) < 4.78 is 24.9. The van der Waals surface area contributed by atoms with Gasteiger partial charge in [-0.25, -0.2) is 4.39 Å². The van der Waals surface area contributed by atoms with Crippen LogP contribution in [0.1, 0.15) is 32.9 Å². The number of halogens is 1. The van der Waals surface area contributed by atoms with Crippen LogP contribution < -0.4 is 4.74 Å². The number of hydrogen-bond donors (Lipinski definition) is 0. The Bertz CT molecular complexity index is 933. The highest BCUT2D eigenvalue weighted by Gasteiger charge is 2.19. The lowest BCUT2D eigenvalue weighted by molar-refractivity contribution is 0.0779. The van der Waals surface area contributed by atoms with E-state index in [-0.39, 0.29) is 24.9 Å². The van der Waals surface area contributed by atoms with Gasteiger partial charge in [-0.1, -0.05) is 35.5 Å². The maximum absolute atomic E-state index is 13.9. The van der Waals surface area contributed by atoms with E-state index < -0.39 is 0 Å². The Balaban J connectivity index is 1.76. The topological polar surface area (TPSA) is 55.6 Å². The van der Waals surface area contributed by atoms with Crippen molar-refractivity contribution in [1.29, 1.82) is 0 Å². The number of aromatic nitrogens is 1. The minimum absolute atomic E-state index is 0.170. The highest BCUT2D eigenvalue weighted by Crippen LogP contribution is 2.23. The fraction of sp³-hybridized carbons (Fsp3) is 0.238. The van der Waals surface area contributed by atoms with Gasteiger partial charge in [-0.05, 0) is 32.0 Å². The van der Waals surface area contributed by atoms with Crippen LogP contribution in [-0.4, -0.2) is 23.0 Å². The molecule has 0 aliphatic carbocycles. The summed E-state index contributed by atoms with van der Waals surface area (Å²) in [5, 5.41) is 3.90. The van der Waals surface area contributed by atoms with Gasteiger partial charge in [0, 0.05) is 19.2 Å². The lowest BCUT2D eigenvalue weighted by Crippen LogP contribution is -2.27. The van der Waals surface area contributed by atoms with Crippen molar-refractivity contribution in [2.24, 2.45) is 0 Å². The number of carbonyl (C=O) groups is 1. The van der Waals surface area contributed by atoms with E-state index in [4.69, 9.17) is 9.26 Å². The first-order chi connectivity index (χ1) is 13.0. The van der Waals surface area contributed by atoms with Crippen molar-refractivity contribution < 1.29 is 18.4 Å². The second-order valence-corrected chi connectivity index (χ2v) is 6.34. The van der Waals surface area contributed by atoms with Crippen LogP contribution in [0.15, 0.2) is 53.1 Å². The average Bonchev–Trinajstić information content (AvgIpc) is 2.99. The maximum Gasteiger partial charge on any atom is 0.257 e. The van der Waals surface area contributed by atoms with E-state index in [1.165, 1.54) is 11.0 Å². The third-order valence-electron chi connectivity index (χ3n) is 4.38. The highest BCUT2D eigenvalue weighted by molar-refractivity contribution is 5.96. The van der Waals surface area contributed by atoms with Crippen LogP contribution in [0, 0.1) is 19.7 Å². The second-order valence-electron chi connectivity index (χ2n) is 6.34. The molecule has 5 nitrogen and oxygen atoms in total. The van der Waals surface area contributed by atoms with Crippen molar-refractivity contribution in [3.05, 3.63) is 82.5 Å². The molecule has 0 aliphatic rings. The fourth-order valence-corrected chi connectivity index (χ4v) is 2.79. The zero-order chi connectivity index (χ0) is 19.4. The standard InChI is InChI=1S/C21H21FN2O3/c1-14-18(15(2)27-23-14)13-26-20-11-7-5-9-17(20)21(25)24(3)12-16-8-4-6-10-19(16)22/h4-11H,12-13H2,1-3H3. The molecule has 0 fully saturated rings. The second kappa shape index (κ2) is 8.03. The van der Waals surface area contributed by atoms with Gasteiger partial charge in [0.15, 0.2) is 0 Å². The van der Waals surface area contributed by atoms with Crippen molar-refractivity contribution in [1.82, 2.24) is 10.1 Å². The maximum atomic E-state index is 13.9. The molecular formula is C21H21FN2O3. The highest BCUT2D eigenvalue weighted by atomic mass is 19.1. The van der Waals surface area contributed by atoms with E-state index in [0.717, 1.165) is 11.3 Å². The van der Waals surface area contributed by atoms with Gasteiger partial charge in [-0.15, -0.1) is 0 Å². The van der Waals surface area contributed by atoms with E-state index in [9.17, 15) is 9.18 Å². The number of rotatable bonds is 6. The molecule has 0 atom stereocenters. The Hall–Kier alpha value is -3.15. The molecule has 2 aromatic carbocycles. The van der Waals surface area contributed by atoms with Crippen LogP contribution in [-0.2, 0) is 13.2 Å². The van der Waals surface area contributed by atoms with Gasteiger partial charge in [0.1, 0.15) is 23.9 Å². The van der Waals surface area contributed by atoms with Crippen LogP contribution >= 0.6 is 0 Å². The zero-order valence-corrected chi connectivity index (χ0v) is 15.5. The number of hydrogen-bond acceptors (Lipinski definition) is 4. The SMILES string of the molecule is Cc1noc(C)c1COc1ccccc1C(=O)N(C)Cc1ccccc1F. The Kier molecular flexibility index (Phi) is 5.54. The molecule has 3 aromatic rings. The van der Waals surface area contributed by atoms with Crippen LogP contribution in [0.2, 0.25) is 0 Å². The van der Waals surface area contributed by atoms with Crippen molar-refractivity contribution >= 4 is 5.91 Å². The molecule has 0 N–H and O–H groups in total. The lowest BCUT2D eigenvalue weighted by Gasteiger charge is -2.19. The van der Waals surface area contributed by atoms with E-state index in [0.29, 0.717) is 22.6 Å². The number of nitrogens with zero attached hydrogens (tertiary/aromatic N) is 2. The lowest BCUT2D eigenvalue weighted by atomic mass is 10.1. The third-order valence-corrected chi connectivity index (χ3v) is 4.38. The molecule has 3 rings (SSSR count). The van der Waals surface area contributed by atoms with Gasteiger partial charge < -0.3 is 14.2 Å². The molecule has 6 heteroatoms. The summed E-state index contributed by atoms with van der Waals surface area (Å²) in [6, 6.07) is 13.4. The third kappa shape index (κ3) is 4.16. The van der Waals surface area contributed by atoms with Gasteiger partial charge in [0.25, 0.3) is 5.91 Å². The summed E-state index contributed by atoms with van der Waals surface area (Å²) in [4.78, 5) is 14.3. The molecule has 1 amide bonds. The summed E-state index contributed by atoms with van der Waals surface area (Å²) in [5.41, 5.74) is 2.50. The predicted octanol–water partition coefficient (Wildman–Crippen LogP) is 4.28. The molecule has 27 heavy (non-hydrogen) atoms. The summed E-state index contributed by atoms with van der Waals surface area (Å²) in [6.45, 7) is 4.08. The van der Waals surface area contributed by atoms with Crippen molar-refractivity contribution in [3.8, 4) is 5.75 Å².